The number of carbonyl (C=O) groups is 1. The van der Waals surface area contributed by atoms with Gasteiger partial charge in [0.15, 0.2) is 5.69 Å². The van der Waals surface area contributed by atoms with Crippen molar-refractivity contribution < 1.29 is 9.90 Å². The number of rotatable bonds is 5. The maximum atomic E-state index is 12.1. The number of aromatic nitrogens is 4. The molecule has 0 unspecified atom stereocenters. The minimum atomic E-state index is -0.264. The average molecular weight is 373 g/mol. The van der Waals surface area contributed by atoms with Gasteiger partial charge in [0, 0.05) is 45.0 Å². The first-order valence-corrected chi connectivity index (χ1v) is 9.14. The zero-order valence-corrected chi connectivity index (χ0v) is 16.4. The molecule has 0 atom stereocenters. The molecule has 9 nitrogen and oxygen atoms in total. The van der Waals surface area contributed by atoms with Gasteiger partial charge in [0.1, 0.15) is 5.82 Å². The molecular weight excluding hydrogens is 346 g/mol. The Morgan fingerprint density at radius 2 is 2.07 bits per heavy atom. The second-order valence-electron chi connectivity index (χ2n) is 6.95. The lowest BCUT2D eigenvalue weighted by Crippen LogP contribution is -2.27. The van der Waals surface area contributed by atoms with Gasteiger partial charge in [-0.3, -0.25) is 9.48 Å². The Bertz CT molecular complexity index is 831. The summed E-state index contributed by atoms with van der Waals surface area (Å²) in [6, 6.07) is 1.82. The fraction of sp³-hybridized carbons (Fsp3) is 0.556. The lowest BCUT2D eigenvalue weighted by atomic mass is 10.2. The van der Waals surface area contributed by atoms with Crippen LogP contribution in [-0.2, 0) is 13.1 Å². The van der Waals surface area contributed by atoms with Crippen molar-refractivity contribution in [1.82, 2.24) is 25.1 Å². The van der Waals surface area contributed by atoms with Crippen molar-refractivity contribution in [3.8, 4) is 0 Å². The first-order valence-electron chi connectivity index (χ1n) is 9.14. The third kappa shape index (κ3) is 4.02. The summed E-state index contributed by atoms with van der Waals surface area (Å²) in [5.74, 6) is 1.35. The molecule has 0 bridgehead atoms. The van der Waals surface area contributed by atoms with Crippen LogP contribution in [0.5, 0.6) is 0 Å². The topological polar surface area (TPSA) is 99.4 Å². The summed E-state index contributed by atoms with van der Waals surface area (Å²) in [7, 11) is 3.87. The monoisotopic (exact) mass is 373 g/mol. The van der Waals surface area contributed by atoms with E-state index in [-0.39, 0.29) is 19.1 Å². The molecule has 9 heteroatoms. The molecule has 0 saturated heterocycles. The first-order chi connectivity index (χ1) is 12.9. The minimum Gasteiger partial charge on any atom is -0.395 e. The van der Waals surface area contributed by atoms with Crippen LogP contribution in [0.25, 0.3) is 0 Å². The number of carbonyl (C=O) groups excluding carboxylic acids is 1. The summed E-state index contributed by atoms with van der Waals surface area (Å²) >= 11 is 0. The first kappa shape index (κ1) is 19.1. The number of aliphatic hydroxyl groups excluding tert-OH is 1. The Morgan fingerprint density at radius 1 is 1.30 bits per heavy atom. The van der Waals surface area contributed by atoms with Gasteiger partial charge in [-0.2, -0.15) is 10.1 Å². The van der Waals surface area contributed by atoms with Crippen molar-refractivity contribution in [3.05, 3.63) is 28.7 Å². The van der Waals surface area contributed by atoms with E-state index in [1.165, 1.54) is 0 Å². The summed E-state index contributed by atoms with van der Waals surface area (Å²) < 4.78 is 1.89. The number of fused-ring (bicyclic) bond motifs is 1. The van der Waals surface area contributed by atoms with Gasteiger partial charge in [-0.05, 0) is 26.3 Å². The molecule has 0 aliphatic carbocycles. The van der Waals surface area contributed by atoms with Gasteiger partial charge < -0.3 is 20.2 Å². The number of nitrogens with one attached hydrogen (secondary N) is 1. The van der Waals surface area contributed by atoms with Gasteiger partial charge in [0.2, 0.25) is 5.95 Å². The molecule has 3 rings (SSSR count). The Morgan fingerprint density at radius 3 is 2.78 bits per heavy atom. The highest BCUT2D eigenvalue weighted by atomic mass is 16.3. The number of aliphatic hydroxyl groups is 1. The van der Waals surface area contributed by atoms with E-state index in [0.717, 1.165) is 42.3 Å². The molecule has 1 amide bonds. The van der Waals surface area contributed by atoms with E-state index in [9.17, 15) is 4.79 Å². The van der Waals surface area contributed by atoms with Crippen molar-refractivity contribution in [1.29, 1.82) is 0 Å². The van der Waals surface area contributed by atoms with Gasteiger partial charge in [-0.1, -0.05) is 0 Å². The predicted molar refractivity (Wildman–Crippen MR) is 103 cm³/mol. The van der Waals surface area contributed by atoms with Crippen LogP contribution in [0.15, 0.2) is 6.07 Å². The fourth-order valence-electron chi connectivity index (χ4n) is 3.12. The SMILES string of the molecule is Cc1nc(N(C)C)nc(N2CCCn3nc(C(=O)NCCO)cc3C2)c1C. The number of amides is 1. The van der Waals surface area contributed by atoms with Crippen molar-refractivity contribution in [3.63, 3.8) is 0 Å². The fourth-order valence-corrected chi connectivity index (χ4v) is 3.12. The van der Waals surface area contributed by atoms with E-state index in [1.807, 2.05) is 43.6 Å². The maximum absolute atomic E-state index is 12.1. The van der Waals surface area contributed by atoms with E-state index < -0.39 is 0 Å². The lowest BCUT2D eigenvalue weighted by molar-refractivity contribution is 0.0939. The van der Waals surface area contributed by atoms with Crippen LogP contribution >= 0.6 is 0 Å². The third-order valence-corrected chi connectivity index (χ3v) is 4.70. The molecule has 27 heavy (non-hydrogen) atoms. The van der Waals surface area contributed by atoms with Gasteiger partial charge in [-0.25, -0.2) is 4.98 Å². The van der Waals surface area contributed by atoms with Crippen molar-refractivity contribution >= 4 is 17.7 Å². The molecule has 0 aromatic carbocycles. The molecule has 1 aliphatic heterocycles. The molecule has 0 radical (unpaired) electrons. The highest BCUT2D eigenvalue weighted by Gasteiger charge is 2.22. The summed E-state index contributed by atoms with van der Waals surface area (Å²) in [4.78, 5) is 25.6. The summed E-state index contributed by atoms with van der Waals surface area (Å²) in [6.07, 6.45) is 0.909. The van der Waals surface area contributed by atoms with E-state index in [4.69, 9.17) is 10.1 Å². The van der Waals surface area contributed by atoms with Crippen LogP contribution in [-0.4, -0.2) is 64.6 Å². The standard InChI is InChI=1S/C18H27N7O2/c1-12-13(2)20-18(23(3)4)21-16(12)24-7-5-8-25-14(11-24)10-15(22-25)17(27)19-6-9-26/h10,26H,5-9,11H2,1-4H3,(H,19,27). The number of aryl methyl sites for hydroxylation is 2. The Balaban J connectivity index is 1.89. The second kappa shape index (κ2) is 7.91. The van der Waals surface area contributed by atoms with E-state index >= 15 is 0 Å². The van der Waals surface area contributed by atoms with Crippen LogP contribution in [0, 0.1) is 13.8 Å². The molecule has 0 fully saturated rings. The molecule has 2 aromatic rings. The zero-order valence-electron chi connectivity index (χ0n) is 16.4. The predicted octanol–water partition coefficient (Wildman–Crippen LogP) is 0.488. The highest BCUT2D eigenvalue weighted by Crippen LogP contribution is 2.26. The van der Waals surface area contributed by atoms with Crippen LogP contribution < -0.4 is 15.1 Å². The maximum Gasteiger partial charge on any atom is 0.271 e. The average Bonchev–Trinajstić information content (AvgIpc) is 2.93. The van der Waals surface area contributed by atoms with E-state index in [2.05, 4.69) is 20.3 Å². The molecule has 1 aliphatic rings. The van der Waals surface area contributed by atoms with E-state index in [0.29, 0.717) is 18.2 Å². The molecule has 3 heterocycles. The Kier molecular flexibility index (Phi) is 5.59. The van der Waals surface area contributed by atoms with E-state index in [1.54, 1.807) is 0 Å². The normalized spacial score (nSPS) is 13.9. The minimum absolute atomic E-state index is 0.0897. The van der Waals surface area contributed by atoms with Gasteiger partial charge in [-0.15, -0.1) is 0 Å². The number of hydrogen-bond acceptors (Lipinski definition) is 7. The number of nitrogens with zero attached hydrogens (tertiary/aromatic N) is 6. The number of anilines is 2. The van der Waals surface area contributed by atoms with Crippen molar-refractivity contribution in [2.45, 2.75) is 33.4 Å². The van der Waals surface area contributed by atoms with Crippen molar-refractivity contribution in [2.75, 3.05) is 43.6 Å². The Hall–Kier alpha value is -2.68. The van der Waals surface area contributed by atoms with Crippen LogP contribution in [0.3, 0.4) is 0 Å². The quantitative estimate of drug-likeness (QED) is 0.787. The summed E-state index contributed by atoms with van der Waals surface area (Å²) in [6.45, 7) is 6.42. The highest BCUT2D eigenvalue weighted by molar-refractivity contribution is 5.92. The van der Waals surface area contributed by atoms with Crippen molar-refractivity contribution in [2.24, 2.45) is 0 Å². The van der Waals surface area contributed by atoms with Gasteiger partial charge in [0.25, 0.3) is 5.91 Å². The largest absolute Gasteiger partial charge is 0.395 e. The molecule has 2 aromatic heterocycles. The molecule has 0 spiro atoms. The smallest absolute Gasteiger partial charge is 0.271 e. The molecule has 146 valence electrons. The Labute approximate surface area is 159 Å². The zero-order chi connectivity index (χ0) is 19.6. The van der Waals surface area contributed by atoms with Crippen LogP contribution in [0.1, 0.15) is 33.9 Å². The lowest BCUT2D eigenvalue weighted by Gasteiger charge is -2.25. The summed E-state index contributed by atoms with van der Waals surface area (Å²) in [5, 5.41) is 16.0. The third-order valence-electron chi connectivity index (χ3n) is 4.70. The summed E-state index contributed by atoms with van der Waals surface area (Å²) in [5.41, 5.74) is 3.38. The second-order valence-corrected chi connectivity index (χ2v) is 6.95. The van der Waals surface area contributed by atoms with Crippen LogP contribution in [0.4, 0.5) is 11.8 Å². The molecule has 2 N–H and O–H groups in total. The number of hydrogen-bond donors (Lipinski definition) is 2. The van der Waals surface area contributed by atoms with Gasteiger partial charge >= 0.3 is 0 Å². The molecule has 0 saturated carbocycles. The molecular formula is C18H27N7O2. The van der Waals surface area contributed by atoms with Crippen LogP contribution in [0.2, 0.25) is 0 Å². The van der Waals surface area contributed by atoms with Gasteiger partial charge in [0.05, 0.1) is 18.8 Å².